The normalized spacial score (nSPS) is 25.4. The Hall–Kier alpha value is -1.26. The molecule has 0 aromatic carbocycles. The maximum Gasteiger partial charge on any atom is 0.320 e. The number of hydrogen-bond acceptors (Lipinski definition) is 2. The van der Waals surface area contributed by atoms with Gasteiger partial charge in [0.05, 0.1) is 11.5 Å². The molecule has 1 heterocycles. The van der Waals surface area contributed by atoms with Gasteiger partial charge in [-0.25, -0.2) is 4.79 Å². The van der Waals surface area contributed by atoms with E-state index in [1.165, 1.54) is 25.7 Å². The predicted molar refractivity (Wildman–Crippen MR) is 71.9 cm³/mol. The molecule has 0 aromatic rings. The third kappa shape index (κ3) is 2.69. The molecule has 0 aromatic heterocycles. The lowest BCUT2D eigenvalue weighted by atomic mass is 9.92. The molecule has 1 atom stereocenters. The van der Waals surface area contributed by atoms with Gasteiger partial charge in [-0.3, -0.25) is 4.79 Å². The van der Waals surface area contributed by atoms with E-state index in [2.05, 4.69) is 0 Å². The fraction of sp³-hybridized carbons (Fsp3) is 0.857. The first-order valence-electron chi connectivity index (χ1n) is 7.08. The number of aliphatic carboxylic acids is 1. The van der Waals surface area contributed by atoms with Gasteiger partial charge in [0.15, 0.2) is 0 Å². The summed E-state index contributed by atoms with van der Waals surface area (Å²) < 4.78 is 0. The number of rotatable bonds is 4. The number of carboxylic acid groups (broad SMARTS) is 1. The fourth-order valence-electron chi connectivity index (χ4n) is 3.28. The van der Waals surface area contributed by atoms with Gasteiger partial charge in [0.25, 0.3) is 0 Å². The molecule has 1 saturated heterocycles. The van der Waals surface area contributed by atoms with Crippen molar-refractivity contribution in [2.75, 3.05) is 20.1 Å². The average Bonchev–Trinajstić information content (AvgIpc) is 2.92. The molecule has 1 aliphatic carbocycles. The van der Waals surface area contributed by atoms with Crippen LogP contribution in [0.4, 0.5) is 4.79 Å². The topological polar surface area (TPSA) is 60.9 Å². The first-order chi connectivity index (χ1) is 8.83. The number of likely N-dealkylation sites (N-methyl/N-ethyl adjacent to an activating group) is 1. The van der Waals surface area contributed by atoms with Crippen molar-refractivity contribution in [3.05, 3.63) is 0 Å². The first-order valence-corrected chi connectivity index (χ1v) is 7.08. The molecule has 1 N–H and O–H groups in total. The van der Waals surface area contributed by atoms with Crippen LogP contribution in [0.3, 0.4) is 0 Å². The lowest BCUT2D eigenvalue weighted by molar-refractivity contribution is -0.147. The standard InChI is InChI=1S/C14H24N2O3/c1-14(2,12(17)18)9-16-8-11(15(3)13(16)19)10-6-4-5-7-10/h10-11H,4-9H2,1-3H3,(H,17,18). The van der Waals surface area contributed by atoms with Crippen molar-refractivity contribution in [1.82, 2.24) is 9.80 Å². The highest BCUT2D eigenvalue weighted by atomic mass is 16.4. The minimum absolute atomic E-state index is 0.0220. The Morgan fingerprint density at radius 3 is 2.47 bits per heavy atom. The number of hydrogen-bond donors (Lipinski definition) is 1. The van der Waals surface area contributed by atoms with Crippen molar-refractivity contribution >= 4 is 12.0 Å². The SMILES string of the molecule is CN1C(=O)N(CC(C)(C)C(=O)O)CC1C1CCCC1. The fourth-order valence-corrected chi connectivity index (χ4v) is 3.28. The summed E-state index contributed by atoms with van der Waals surface area (Å²) >= 11 is 0. The summed E-state index contributed by atoms with van der Waals surface area (Å²) in [5.74, 6) is -0.265. The molecule has 5 heteroatoms. The quantitative estimate of drug-likeness (QED) is 0.848. The number of nitrogens with zero attached hydrogens (tertiary/aromatic N) is 2. The second kappa shape index (κ2) is 5.02. The summed E-state index contributed by atoms with van der Waals surface area (Å²) in [7, 11) is 1.85. The Kier molecular flexibility index (Phi) is 3.74. The zero-order valence-electron chi connectivity index (χ0n) is 12.1. The highest BCUT2D eigenvalue weighted by Crippen LogP contribution is 2.34. The Balaban J connectivity index is 2.04. The number of carbonyl (C=O) groups is 2. The number of amides is 2. The molecule has 0 radical (unpaired) electrons. The van der Waals surface area contributed by atoms with E-state index in [4.69, 9.17) is 0 Å². The van der Waals surface area contributed by atoms with Crippen molar-refractivity contribution in [2.45, 2.75) is 45.6 Å². The average molecular weight is 268 g/mol. The third-order valence-electron chi connectivity index (χ3n) is 4.59. The highest BCUT2D eigenvalue weighted by Gasteiger charge is 2.42. The van der Waals surface area contributed by atoms with Crippen LogP contribution < -0.4 is 0 Å². The molecule has 0 spiro atoms. The second-order valence-electron chi connectivity index (χ2n) is 6.57. The van der Waals surface area contributed by atoms with E-state index in [9.17, 15) is 14.7 Å². The Morgan fingerprint density at radius 1 is 1.37 bits per heavy atom. The van der Waals surface area contributed by atoms with Crippen LogP contribution in [-0.2, 0) is 4.79 Å². The smallest absolute Gasteiger partial charge is 0.320 e. The number of urea groups is 1. The van der Waals surface area contributed by atoms with Crippen LogP contribution >= 0.6 is 0 Å². The van der Waals surface area contributed by atoms with Gasteiger partial charge in [0, 0.05) is 20.1 Å². The van der Waals surface area contributed by atoms with Crippen LogP contribution in [0.5, 0.6) is 0 Å². The molecule has 108 valence electrons. The van der Waals surface area contributed by atoms with Crippen LogP contribution in [0.15, 0.2) is 0 Å². The van der Waals surface area contributed by atoms with E-state index in [1.807, 2.05) is 11.9 Å². The zero-order valence-corrected chi connectivity index (χ0v) is 12.1. The van der Waals surface area contributed by atoms with Gasteiger partial charge in [-0.2, -0.15) is 0 Å². The molecule has 0 bridgehead atoms. The second-order valence-corrected chi connectivity index (χ2v) is 6.57. The summed E-state index contributed by atoms with van der Waals surface area (Å²) in [6, 6.07) is 0.241. The van der Waals surface area contributed by atoms with Crippen LogP contribution in [0, 0.1) is 11.3 Å². The van der Waals surface area contributed by atoms with E-state index < -0.39 is 11.4 Å². The lowest BCUT2D eigenvalue weighted by Gasteiger charge is -2.25. The van der Waals surface area contributed by atoms with Crippen molar-refractivity contribution in [3.8, 4) is 0 Å². The van der Waals surface area contributed by atoms with Crippen LogP contribution in [0.1, 0.15) is 39.5 Å². The van der Waals surface area contributed by atoms with Crippen LogP contribution in [-0.4, -0.2) is 53.1 Å². The van der Waals surface area contributed by atoms with E-state index in [1.54, 1.807) is 18.7 Å². The van der Waals surface area contributed by atoms with Crippen LogP contribution in [0.2, 0.25) is 0 Å². The summed E-state index contributed by atoms with van der Waals surface area (Å²) in [5.41, 5.74) is -0.888. The molecule has 19 heavy (non-hydrogen) atoms. The molecule has 1 aliphatic heterocycles. The van der Waals surface area contributed by atoms with Gasteiger partial charge in [-0.1, -0.05) is 12.8 Å². The van der Waals surface area contributed by atoms with Gasteiger partial charge in [-0.05, 0) is 32.6 Å². The van der Waals surface area contributed by atoms with Gasteiger partial charge < -0.3 is 14.9 Å². The molecule has 2 amide bonds. The van der Waals surface area contributed by atoms with Crippen molar-refractivity contribution < 1.29 is 14.7 Å². The molecule has 2 aliphatic rings. The van der Waals surface area contributed by atoms with Crippen LogP contribution in [0.25, 0.3) is 0 Å². The summed E-state index contributed by atoms with van der Waals surface area (Å²) in [6.07, 6.45) is 4.89. The van der Waals surface area contributed by atoms with Crippen molar-refractivity contribution in [1.29, 1.82) is 0 Å². The maximum atomic E-state index is 12.2. The minimum atomic E-state index is -0.888. The molecule has 1 unspecified atom stereocenters. The molecule has 1 saturated carbocycles. The maximum absolute atomic E-state index is 12.2. The minimum Gasteiger partial charge on any atom is -0.481 e. The molecule has 5 nitrogen and oxygen atoms in total. The third-order valence-corrected chi connectivity index (χ3v) is 4.59. The largest absolute Gasteiger partial charge is 0.481 e. The van der Waals surface area contributed by atoms with Gasteiger partial charge in [0.2, 0.25) is 0 Å². The molecule has 2 rings (SSSR count). The predicted octanol–water partition coefficient (Wildman–Crippen LogP) is 2.02. The summed E-state index contributed by atoms with van der Waals surface area (Å²) in [4.78, 5) is 26.9. The molecular formula is C14H24N2O3. The Bertz CT molecular complexity index is 375. The van der Waals surface area contributed by atoms with E-state index in [-0.39, 0.29) is 18.6 Å². The number of carbonyl (C=O) groups excluding carboxylic acids is 1. The van der Waals surface area contributed by atoms with Crippen molar-refractivity contribution in [3.63, 3.8) is 0 Å². The molecule has 2 fully saturated rings. The van der Waals surface area contributed by atoms with Gasteiger partial charge in [-0.15, -0.1) is 0 Å². The first kappa shape index (κ1) is 14.2. The number of carboxylic acids is 1. The molecular weight excluding hydrogens is 244 g/mol. The highest BCUT2D eigenvalue weighted by molar-refractivity contribution is 5.79. The Labute approximate surface area is 114 Å². The summed E-state index contributed by atoms with van der Waals surface area (Å²) in [6.45, 7) is 4.31. The summed E-state index contributed by atoms with van der Waals surface area (Å²) in [5, 5.41) is 9.18. The Morgan fingerprint density at radius 2 is 1.95 bits per heavy atom. The monoisotopic (exact) mass is 268 g/mol. The van der Waals surface area contributed by atoms with E-state index >= 15 is 0 Å². The van der Waals surface area contributed by atoms with E-state index in [0.29, 0.717) is 12.5 Å². The van der Waals surface area contributed by atoms with E-state index in [0.717, 1.165) is 0 Å². The zero-order chi connectivity index (χ0) is 14.2. The van der Waals surface area contributed by atoms with Crippen molar-refractivity contribution in [2.24, 2.45) is 11.3 Å². The van der Waals surface area contributed by atoms with Gasteiger partial charge in [0.1, 0.15) is 0 Å². The lowest BCUT2D eigenvalue weighted by Crippen LogP contribution is -2.41. The van der Waals surface area contributed by atoms with Gasteiger partial charge >= 0.3 is 12.0 Å².